The summed E-state index contributed by atoms with van der Waals surface area (Å²) in [6.07, 6.45) is 6.16. The maximum Gasteiger partial charge on any atom is 0.129 e. The van der Waals surface area contributed by atoms with E-state index in [1.54, 1.807) is 0 Å². The fourth-order valence-electron chi connectivity index (χ4n) is 2.30. The summed E-state index contributed by atoms with van der Waals surface area (Å²) >= 11 is 0. The van der Waals surface area contributed by atoms with Crippen LogP contribution in [0.15, 0.2) is 6.07 Å². The van der Waals surface area contributed by atoms with Crippen LogP contribution in [-0.2, 0) is 11.2 Å². The van der Waals surface area contributed by atoms with Gasteiger partial charge in [0.2, 0.25) is 0 Å². The summed E-state index contributed by atoms with van der Waals surface area (Å²) in [6.45, 7) is 5.90. The van der Waals surface area contributed by atoms with Crippen molar-refractivity contribution >= 4 is 5.82 Å². The molecule has 1 N–H and O–H groups in total. The Hall–Kier alpha value is -1.16. The molecule has 0 bridgehead atoms. The maximum atomic E-state index is 5.71. The number of aromatic nitrogens is 2. The zero-order valence-corrected chi connectivity index (χ0v) is 11.4. The Morgan fingerprint density at radius 3 is 3.00 bits per heavy atom. The van der Waals surface area contributed by atoms with Crippen molar-refractivity contribution in [1.29, 1.82) is 0 Å². The first kappa shape index (κ1) is 13.3. The lowest BCUT2D eigenvalue weighted by Gasteiger charge is -2.22. The highest BCUT2D eigenvalue weighted by Crippen LogP contribution is 2.16. The van der Waals surface area contributed by atoms with Crippen LogP contribution >= 0.6 is 0 Å². The van der Waals surface area contributed by atoms with Crippen molar-refractivity contribution in [2.45, 2.75) is 52.1 Å². The fourth-order valence-corrected chi connectivity index (χ4v) is 2.30. The summed E-state index contributed by atoms with van der Waals surface area (Å²) < 4.78 is 5.71. The van der Waals surface area contributed by atoms with E-state index in [2.05, 4.69) is 22.2 Å². The van der Waals surface area contributed by atoms with Crippen LogP contribution in [0.1, 0.15) is 44.1 Å². The second-order valence-electron chi connectivity index (χ2n) is 4.85. The van der Waals surface area contributed by atoms with Gasteiger partial charge in [0.25, 0.3) is 0 Å². The molecule has 0 radical (unpaired) electrons. The topological polar surface area (TPSA) is 47.0 Å². The smallest absolute Gasteiger partial charge is 0.129 e. The van der Waals surface area contributed by atoms with Crippen molar-refractivity contribution in [1.82, 2.24) is 9.97 Å². The predicted octanol–water partition coefficient (Wildman–Crippen LogP) is 2.72. The minimum Gasteiger partial charge on any atom is -0.378 e. The average Bonchev–Trinajstić information content (AvgIpc) is 2.39. The quantitative estimate of drug-likeness (QED) is 0.871. The van der Waals surface area contributed by atoms with Gasteiger partial charge in [-0.15, -0.1) is 0 Å². The lowest BCUT2D eigenvalue weighted by Crippen LogP contribution is -2.22. The highest BCUT2D eigenvalue weighted by Gasteiger charge is 2.13. The maximum absolute atomic E-state index is 5.71. The van der Waals surface area contributed by atoms with Crippen LogP contribution in [0.4, 0.5) is 5.82 Å². The van der Waals surface area contributed by atoms with Crippen molar-refractivity contribution in [3.05, 3.63) is 17.6 Å². The van der Waals surface area contributed by atoms with E-state index in [0.29, 0.717) is 6.10 Å². The van der Waals surface area contributed by atoms with Crippen LogP contribution in [0.25, 0.3) is 0 Å². The molecule has 18 heavy (non-hydrogen) atoms. The molecule has 100 valence electrons. The van der Waals surface area contributed by atoms with Gasteiger partial charge in [0, 0.05) is 24.9 Å². The van der Waals surface area contributed by atoms with Gasteiger partial charge >= 0.3 is 0 Å². The van der Waals surface area contributed by atoms with E-state index in [9.17, 15) is 0 Å². The standard InChI is InChI=1S/C14H23N3O/c1-3-12-10-14(17-11(2)16-12)15-8-7-13-6-4-5-9-18-13/h10,13H,3-9H2,1-2H3,(H,15,16,17). The highest BCUT2D eigenvalue weighted by atomic mass is 16.5. The van der Waals surface area contributed by atoms with Gasteiger partial charge in [0.1, 0.15) is 11.6 Å². The molecule has 1 aromatic rings. The molecule has 1 fully saturated rings. The highest BCUT2D eigenvalue weighted by molar-refractivity contribution is 5.35. The van der Waals surface area contributed by atoms with Gasteiger partial charge in [-0.2, -0.15) is 0 Å². The molecule has 1 atom stereocenters. The van der Waals surface area contributed by atoms with Crippen molar-refractivity contribution in [2.24, 2.45) is 0 Å². The molecule has 0 spiro atoms. The van der Waals surface area contributed by atoms with Crippen LogP contribution < -0.4 is 5.32 Å². The van der Waals surface area contributed by atoms with E-state index >= 15 is 0 Å². The van der Waals surface area contributed by atoms with E-state index in [4.69, 9.17) is 4.74 Å². The predicted molar refractivity (Wildman–Crippen MR) is 72.8 cm³/mol. The third-order valence-electron chi connectivity index (χ3n) is 3.30. The first-order chi connectivity index (χ1) is 8.78. The monoisotopic (exact) mass is 249 g/mol. The molecular weight excluding hydrogens is 226 g/mol. The number of aryl methyl sites for hydroxylation is 2. The second kappa shape index (κ2) is 6.69. The largest absolute Gasteiger partial charge is 0.378 e. The Balaban J connectivity index is 1.80. The Morgan fingerprint density at radius 2 is 2.28 bits per heavy atom. The average molecular weight is 249 g/mol. The molecule has 4 nitrogen and oxygen atoms in total. The van der Waals surface area contributed by atoms with E-state index < -0.39 is 0 Å². The lowest BCUT2D eigenvalue weighted by molar-refractivity contribution is 0.0134. The Morgan fingerprint density at radius 1 is 1.39 bits per heavy atom. The van der Waals surface area contributed by atoms with Crippen molar-refractivity contribution in [3.8, 4) is 0 Å². The molecule has 0 saturated carbocycles. The van der Waals surface area contributed by atoms with Crippen LogP contribution in [0.5, 0.6) is 0 Å². The number of anilines is 1. The van der Waals surface area contributed by atoms with Crippen molar-refractivity contribution < 1.29 is 4.74 Å². The minimum absolute atomic E-state index is 0.430. The lowest BCUT2D eigenvalue weighted by atomic mass is 10.1. The number of ether oxygens (including phenoxy) is 1. The van der Waals surface area contributed by atoms with Crippen LogP contribution in [0.2, 0.25) is 0 Å². The van der Waals surface area contributed by atoms with Gasteiger partial charge in [0.15, 0.2) is 0 Å². The van der Waals surface area contributed by atoms with E-state index in [1.807, 2.05) is 13.0 Å². The Bertz CT molecular complexity index is 375. The number of rotatable bonds is 5. The molecule has 1 aliphatic heterocycles. The molecule has 0 aliphatic carbocycles. The minimum atomic E-state index is 0.430. The van der Waals surface area contributed by atoms with Gasteiger partial charge in [-0.25, -0.2) is 9.97 Å². The van der Waals surface area contributed by atoms with E-state index in [-0.39, 0.29) is 0 Å². The molecule has 0 aromatic carbocycles. The summed E-state index contributed by atoms with van der Waals surface area (Å²) in [7, 11) is 0. The number of hydrogen-bond donors (Lipinski definition) is 1. The summed E-state index contributed by atoms with van der Waals surface area (Å²) in [5.41, 5.74) is 1.10. The van der Waals surface area contributed by atoms with Gasteiger partial charge in [-0.3, -0.25) is 0 Å². The fraction of sp³-hybridized carbons (Fsp3) is 0.714. The Labute approximate surface area is 109 Å². The third-order valence-corrected chi connectivity index (χ3v) is 3.30. The molecule has 0 amide bonds. The first-order valence-corrected chi connectivity index (χ1v) is 6.98. The molecule has 2 heterocycles. The van der Waals surface area contributed by atoms with Crippen molar-refractivity contribution in [2.75, 3.05) is 18.5 Å². The number of nitrogens with one attached hydrogen (secondary N) is 1. The zero-order chi connectivity index (χ0) is 12.8. The summed E-state index contributed by atoms with van der Waals surface area (Å²) in [4.78, 5) is 8.78. The summed E-state index contributed by atoms with van der Waals surface area (Å²) in [6, 6.07) is 2.04. The van der Waals surface area contributed by atoms with Gasteiger partial charge in [-0.1, -0.05) is 6.92 Å². The zero-order valence-electron chi connectivity index (χ0n) is 11.4. The molecule has 4 heteroatoms. The summed E-state index contributed by atoms with van der Waals surface area (Å²) in [5, 5.41) is 3.38. The molecule has 2 rings (SSSR count). The second-order valence-corrected chi connectivity index (χ2v) is 4.85. The number of hydrogen-bond acceptors (Lipinski definition) is 4. The van der Waals surface area contributed by atoms with Gasteiger partial charge in [-0.05, 0) is 39.0 Å². The van der Waals surface area contributed by atoms with E-state index in [1.165, 1.54) is 19.3 Å². The third kappa shape index (κ3) is 3.95. The normalized spacial score (nSPS) is 19.8. The summed E-state index contributed by atoms with van der Waals surface area (Å²) in [5.74, 6) is 1.78. The van der Waals surface area contributed by atoms with Crippen LogP contribution in [-0.4, -0.2) is 29.2 Å². The Kier molecular flexibility index (Phi) is 4.93. The molecule has 1 saturated heterocycles. The molecule has 1 aromatic heterocycles. The van der Waals surface area contributed by atoms with Gasteiger partial charge in [0.05, 0.1) is 6.10 Å². The number of nitrogens with zero attached hydrogens (tertiary/aromatic N) is 2. The SMILES string of the molecule is CCc1cc(NCCC2CCCCO2)nc(C)n1. The molecule has 1 unspecified atom stereocenters. The molecule has 1 aliphatic rings. The van der Waals surface area contributed by atoms with Crippen LogP contribution in [0, 0.1) is 6.92 Å². The molecular formula is C14H23N3O. The van der Waals surface area contributed by atoms with Crippen molar-refractivity contribution in [3.63, 3.8) is 0 Å². The van der Waals surface area contributed by atoms with Gasteiger partial charge < -0.3 is 10.1 Å². The first-order valence-electron chi connectivity index (χ1n) is 6.98. The van der Waals surface area contributed by atoms with Crippen LogP contribution in [0.3, 0.4) is 0 Å². The van der Waals surface area contributed by atoms with E-state index in [0.717, 1.165) is 43.3 Å².